The summed E-state index contributed by atoms with van der Waals surface area (Å²) in [5.74, 6) is 0.854. The summed E-state index contributed by atoms with van der Waals surface area (Å²) >= 11 is 0. The van der Waals surface area contributed by atoms with Crippen molar-refractivity contribution in [1.29, 1.82) is 0 Å². The van der Waals surface area contributed by atoms with E-state index in [0.717, 1.165) is 25.6 Å². The number of hydrogen-bond donors (Lipinski definition) is 1. The standard InChI is InChI=1S/C23H34N2O/c1-22(12-14-26-21(22)19-7-8-19)17-24-20-9-13-25(23(15-20)10-11-23)16-18-5-3-2-4-6-18/h2-6,19-21,24H,7-17H2,1H3. The van der Waals surface area contributed by atoms with Crippen LogP contribution >= 0.6 is 0 Å². The van der Waals surface area contributed by atoms with Crippen molar-refractivity contribution in [3.63, 3.8) is 0 Å². The molecule has 2 saturated heterocycles. The van der Waals surface area contributed by atoms with E-state index in [1.165, 1.54) is 57.1 Å². The first kappa shape index (κ1) is 17.2. The van der Waals surface area contributed by atoms with Crippen molar-refractivity contribution in [1.82, 2.24) is 10.2 Å². The molecule has 0 aromatic heterocycles. The Morgan fingerprint density at radius 3 is 2.65 bits per heavy atom. The highest BCUT2D eigenvalue weighted by Gasteiger charge is 2.52. The maximum atomic E-state index is 6.12. The molecule has 0 amide bonds. The Kier molecular flexibility index (Phi) is 4.38. The molecule has 1 N–H and O–H groups in total. The van der Waals surface area contributed by atoms with Crippen molar-refractivity contribution >= 4 is 0 Å². The third-order valence-electron chi connectivity index (χ3n) is 7.59. The zero-order chi connectivity index (χ0) is 17.6. The molecule has 142 valence electrons. The smallest absolute Gasteiger partial charge is 0.0669 e. The zero-order valence-electron chi connectivity index (χ0n) is 16.3. The van der Waals surface area contributed by atoms with E-state index in [0.29, 0.717) is 23.1 Å². The molecule has 2 aliphatic heterocycles. The van der Waals surface area contributed by atoms with Crippen molar-refractivity contribution in [3.8, 4) is 0 Å². The van der Waals surface area contributed by atoms with Crippen LogP contribution < -0.4 is 5.32 Å². The van der Waals surface area contributed by atoms with Gasteiger partial charge in [-0.1, -0.05) is 37.3 Å². The van der Waals surface area contributed by atoms with Crippen molar-refractivity contribution in [2.75, 3.05) is 19.7 Å². The molecular formula is C23H34N2O. The van der Waals surface area contributed by atoms with Gasteiger partial charge in [-0.05, 0) is 56.4 Å². The maximum Gasteiger partial charge on any atom is 0.0669 e. The molecule has 1 aromatic carbocycles. The Morgan fingerprint density at radius 2 is 1.92 bits per heavy atom. The van der Waals surface area contributed by atoms with Crippen LogP contribution in [0.4, 0.5) is 0 Å². The quantitative estimate of drug-likeness (QED) is 0.836. The molecular weight excluding hydrogens is 320 g/mol. The van der Waals surface area contributed by atoms with Gasteiger partial charge >= 0.3 is 0 Å². The second-order valence-corrected chi connectivity index (χ2v) is 9.73. The lowest BCUT2D eigenvalue weighted by atomic mass is 9.80. The predicted octanol–water partition coefficient (Wildman–Crippen LogP) is 3.98. The monoisotopic (exact) mass is 354 g/mol. The van der Waals surface area contributed by atoms with E-state index in [2.05, 4.69) is 47.5 Å². The lowest BCUT2D eigenvalue weighted by Crippen LogP contribution is -2.52. The molecule has 0 bridgehead atoms. The number of hydrogen-bond acceptors (Lipinski definition) is 3. The minimum atomic E-state index is 0.360. The van der Waals surface area contributed by atoms with E-state index in [1.54, 1.807) is 0 Å². The lowest BCUT2D eigenvalue weighted by molar-refractivity contribution is 0.0338. The summed E-state index contributed by atoms with van der Waals surface area (Å²) in [4.78, 5) is 2.77. The highest BCUT2D eigenvalue weighted by molar-refractivity contribution is 5.17. The molecule has 3 unspecified atom stereocenters. The summed E-state index contributed by atoms with van der Waals surface area (Å²) in [6.45, 7) is 6.95. The molecule has 1 spiro atoms. The lowest BCUT2D eigenvalue weighted by Gasteiger charge is -2.42. The summed E-state index contributed by atoms with van der Waals surface area (Å²) in [6, 6.07) is 11.7. The Bertz CT molecular complexity index is 624. The van der Waals surface area contributed by atoms with Crippen LogP contribution in [0.15, 0.2) is 30.3 Å². The van der Waals surface area contributed by atoms with E-state index < -0.39 is 0 Å². The predicted molar refractivity (Wildman–Crippen MR) is 105 cm³/mol. The fourth-order valence-corrected chi connectivity index (χ4v) is 5.56. The highest BCUT2D eigenvalue weighted by atomic mass is 16.5. The number of rotatable bonds is 6. The molecule has 4 aliphatic rings. The van der Waals surface area contributed by atoms with Gasteiger partial charge in [-0.15, -0.1) is 0 Å². The van der Waals surface area contributed by atoms with Gasteiger partial charge in [0.05, 0.1) is 6.10 Å². The van der Waals surface area contributed by atoms with Gasteiger partial charge in [0.2, 0.25) is 0 Å². The largest absolute Gasteiger partial charge is 0.377 e. The number of benzene rings is 1. The van der Waals surface area contributed by atoms with Gasteiger partial charge in [0.15, 0.2) is 0 Å². The fourth-order valence-electron chi connectivity index (χ4n) is 5.56. The van der Waals surface area contributed by atoms with Gasteiger partial charge in [0.25, 0.3) is 0 Å². The van der Waals surface area contributed by atoms with Gasteiger partial charge in [0, 0.05) is 43.2 Å². The molecule has 0 radical (unpaired) electrons. The molecule has 3 nitrogen and oxygen atoms in total. The van der Waals surface area contributed by atoms with Crippen molar-refractivity contribution < 1.29 is 4.74 Å². The van der Waals surface area contributed by atoms with E-state index in [9.17, 15) is 0 Å². The maximum absolute atomic E-state index is 6.12. The van der Waals surface area contributed by atoms with Gasteiger partial charge in [-0.25, -0.2) is 0 Å². The van der Waals surface area contributed by atoms with Crippen LogP contribution in [-0.2, 0) is 11.3 Å². The molecule has 2 aliphatic carbocycles. The number of nitrogens with zero attached hydrogens (tertiary/aromatic N) is 1. The number of likely N-dealkylation sites (tertiary alicyclic amines) is 1. The number of piperidine rings is 1. The Hall–Kier alpha value is -0.900. The Morgan fingerprint density at radius 1 is 1.12 bits per heavy atom. The van der Waals surface area contributed by atoms with Gasteiger partial charge in [0.1, 0.15) is 0 Å². The van der Waals surface area contributed by atoms with Crippen LogP contribution in [0, 0.1) is 11.3 Å². The minimum absolute atomic E-state index is 0.360. The summed E-state index contributed by atoms with van der Waals surface area (Å²) < 4.78 is 6.12. The molecule has 2 heterocycles. The van der Waals surface area contributed by atoms with E-state index >= 15 is 0 Å². The fraction of sp³-hybridized carbons (Fsp3) is 0.739. The Balaban J connectivity index is 1.17. The van der Waals surface area contributed by atoms with E-state index in [-0.39, 0.29) is 0 Å². The van der Waals surface area contributed by atoms with Gasteiger partial charge < -0.3 is 10.1 Å². The van der Waals surface area contributed by atoms with Crippen LogP contribution in [0.3, 0.4) is 0 Å². The molecule has 5 rings (SSSR count). The topological polar surface area (TPSA) is 24.5 Å². The third kappa shape index (κ3) is 3.34. The summed E-state index contributed by atoms with van der Waals surface area (Å²) in [7, 11) is 0. The van der Waals surface area contributed by atoms with E-state index in [4.69, 9.17) is 4.74 Å². The summed E-state index contributed by atoms with van der Waals surface area (Å²) in [5, 5.41) is 3.99. The minimum Gasteiger partial charge on any atom is -0.377 e. The van der Waals surface area contributed by atoms with Crippen LogP contribution in [0.2, 0.25) is 0 Å². The van der Waals surface area contributed by atoms with Crippen molar-refractivity contribution in [2.45, 2.75) is 76.1 Å². The summed E-state index contributed by atoms with van der Waals surface area (Å²) in [5.41, 5.74) is 2.32. The molecule has 3 heteroatoms. The van der Waals surface area contributed by atoms with Crippen LogP contribution in [-0.4, -0.2) is 42.3 Å². The second-order valence-electron chi connectivity index (χ2n) is 9.73. The third-order valence-corrected chi connectivity index (χ3v) is 7.59. The highest BCUT2D eigenvalue weighted by Crippen LogP contribution is 2.50. The molecule has 26 heavy (non-hydrogen) atoms. The molecule has 1 aromatic rings. The average molecular weight is 355 g/mol. The van der Waals surface area contributed by atoms with Crippen LogP contribution in [0.1, 0.15) is 57.4 Å². The molecule has 3 atom stereocenters. The Labute approximate surface area is 158 Å². The van der Waals surface area contributed by atoms with Gasteiger partial charge in [-0.2, -0.15) is 0 Å². The van der Waals surface area contributed by atoms with Crippen LogP contribution in [0.5, 0.6) is 0 Å². The average Bonchev–Trinajstić information content (AvgIpc) is 3.58. The van der Waals surface area contributed by atoms with Crippen LogP contribution in [0.25, 0.3) is 0 Å². The first-order chi connectivity index (χ1) is 12.7. The summed E-state index contributed by atoms with van der Waals surface area (Å²) in [6.07, 6.45) is 9.95. The van der Waals surface area contributed by atoms with Crippen molar-refractivity contribution in [3.05, 3.63) is 35.9 Å². The SMILES string of the molecule is CC1(CNC2CCN(Cc3ccccc3)C3(CC3)C2)CCOC1C1CC1. The first-order valence-corrected chi connectivity index (χ1v) is 10.8. The molecule has 4 fully saturated rings. The first-order valence-electron chi connectivity index (χ1n) is 10.8. The van der Waals surface area contributed by atoms with E-state index in [1.807, 2.05) is 0 Å². The normalized spacial score (nSPS) is 36.5. The van der Waals surface area contributed by atoms with Crippen molar-refractivity contribution in [2.24, 2.45) is 11.3 Å². The number of ether oxygens (including phenoxy) is 1. The molecule has 2 saturated carbocycles. The van der Waals surface area contributed by atoms with Gasteiger partial charge in [-0.3, -0.25) is 4.90 Å². The number of nitrogens with one attached hydrogen (secondary N) is 1. The zero-order valence-corrected chi connectivity index (χ0v) is 16.3. The second kappa shape index (κ2) is 6.61.